The zero-order valence-electron chi connectivity index (χ0n) is 10.4. The van der Waals surface area contributed by atoms with Crippen LogP contribution in [0.15, 0.2) is 42.5 Å². The van der Waals surface area contributed by atoms with E-state index in [4.69, 9.17) is 4.84 Å². The smallest absolute Gasteiger partial charge is 0.284 e. The highest BCUT2D eigenvalue weighted by molar-refractivity contribution is 7.15. The number of ketones is 1. The third-order valence-corrected chi connectivity index (χ3v) is 3.61. The van der Waals surface area contributed by atoms with Crippen LogP contribution in [-0.4, -0.2) is 11.7 Å². The molecule has 1 amide bonds. The van der Waals surface area contributed by atoms with E-state index in [0.29, 0.717) is 16.4 Å². The lowest BCUT2D eigenvalue weighted by Gasteiger charge is -2.04. The molecule has 0 aliphatic carbocycles. The molecular formula is C14H13NO3S. The minimum Gasteiger partial charge on any atom is -0.294 e. The fourth-order valence-corrected chi connectivity index (χ4v) is 2.25. The summed E-state index contributed by atoms with van der Waals surface area (Å²) in [6.07, 6.45) is 0. The second kappa shape index (κ2) is 6.26. The lowest BCUT2D eigenvalue weighted by molar-refractivity contribution is 0.0237. The predicted molar refractivity (Wildman–Crippen MR) is 73.0 cm³/mol. The number of hydrogen-bond acceptors (Lipinski definition) is 4. The normalized spacial score (nSPS) is 10.2. The third-order valence-electron chi connectivity index (χ3n) is 2.42. The summed E-state index contributed by atoms with van der Waals surface area (Å²) >= 11 is 1.15. The van der Waals surface area contributed by atoms with Crippen molar-refractivity contribution in [2.24, 2.45) is 0 Å². The van der Waals surface area contributed by atoms with Gasteiger partial charge in [0.15, 0.2) is 5.78 Å². The predicted octanol–water partition coefficient (Wildman–Crippen LogP) is 2.81. The number of hydroxylamine groups is 1. The van der Waals surface area contributed by atoms with E-state index in [0.717, 1.165) is 16.9 Å². The van der Waals surface area contributed by atoms with Crippen LogP contribution < -0.4 is 5.48 Å². The Morgan fingerprint density at radius 3 is 2.42 bits per heavy atom. The van der Waals surface area contributed by atoms with Crippen molar-refractivity contribution < 1.29 is 14.4 Å². The highest BCUT2D eigenvalue weighted by Crippen LogP contribution is 2.16. The first-order valence-corrected chi connectivity index (χ1v) is 6.55. The van der Waals surface area contributed by atoms with Crippen LogP contribution in [0.25, 0.3) is 0 Å². The number of Topliss-reactive ketones (excluding diaryl/α,β-unsaturated/α-hetero) is 1. The van der Waals surface area contributed by atoms with Crippen molar-refractivity contribution in [2.45, 2.75) is 13.5 Å². The number of carbonyl (C=O) groups is 2. The number of amides is 1. The topological polar surface area (TPSA) is 55.4 Å². The Balaban J connectivity index is 1.85. The van der Waals surface area contributed by atoms with Gasteiger partial charge in [-0.25, -0.2) is 5.48 Å². The van der Waals surface area contributed by atoms with Crippen molar-refractivity contribution >= 4 is 23.0 Å². The number of thiophene rings is 1. The molecule has 0 aliphatic heterocycles. The second-order valence-corrected chi connectivity index (χ2v) is 5.01. The first kappa shape index (κ1) is 13.5. The summed E-state index contributed by atoms with van der Waals surface area (Å²) in [4.78, 5) is 29.0. The van der Waals surface area contributed by atoms with E-state index in [-0.39, 0.29) is 11.7 Å². The van der Waals surface area contributed by atoms with Gasteiger partial charge in [-0.1, -0.05) is 30.3 Å². The van der Waals surface area contributed by atoms with E-state index in [1.165, 1.54) is 6.92 Å². The molecule has 0 aliphatic rings. The molecule has 98 valence electrons. The number of benzene rings is 1. The van der Waals surface area contributed by atoms with Gasteiger partial charge in [0.1, 0.15) is 0 Å². The minimum absolute atomic E-state index is 0.0470. The molecule has 0 bridgehead atoms. The largest absolute Gasteiger partial charge is 0.294 e. The van der Waals surface area contributed by atoms with Crippen molar-refractivity contribution in [1.82, 2.24) is 5.48 Å². The Morgan fingerprint density at radius 1 is 1.11 bits per heavy atom. The van der Waals surface area contributed by atoms with Crippen molar-refractivity contribution in [3.05, 3.63) is 57.8 Å². The Kier molecular flexibility index (Phi) is 4.43. The summed E-state index contributed by atoms with van der Waals surface area (Å²) in [6.45, 7) is 1.77. The summed E-state index contributed by atoms with van der Waals surface area (Å²) in [5.41, 5.74) is 3.33. The van der Waals surface area contributed by atoms with Gasteiger partial charge < -0.3 is 0 Å². The summed E-state index contributed by atoms with van der Waals surface area (Å²) in [7, 11) is 0. The molecule has 0 saturated heterocycles. The van der Waals surface area contributed by atoms with Crippen LogP contribution in [0.2, 0.25) is 0 Å². The van der Waals surface area contributed by atoms with Gasteiger partial charge in [-0.3, -0.25) is 14.4 Å². The molecule has 0 radical (unpaired) electrons. The molecule has 1 heterocycles. The van der Waals surface area contributed by atoms with Gasteiger partial charge in [0.05, 0.1) is 16.4 Å². The van der Waals surface area contributed by atoms with Gasteiger partial charge >= 0.3 is 0 Å². The molecule has 1 N–H and O–H groups in total. The van der Waals surface area contributed by atoms with Crippen molar-refractivity contribution in [3.63, 3.8) is 0 Å². The Bertz CT molecular complexity index is 577. The monoisotopic (exact) mass is 275 g/mol. The van der Waals surface area contributed by atoms with Gasteiger partial charge in [-0.15, -0.1) is 11.3 Å². The van der Waals surface area contributed by atoms with E-state index < -0.39 is 0 Å². The van der Waals surface area contributed by atoms with Crippen molar-refractivity contribution in [3.8, 4) is 0 Å². The molecule has 1 aromatic carbocycles. The van der Waals surface area contributed by atoms with Crippen molar-refractivity contribution in [2.75, 3.05) is 0 Å². The van der Waals surface area contributed by atoms with Gasteiger partial charge in [-0.2, -0.15) is 0 Å². The fraction of sp³-hybridized carbons (Fsp3) is 0.143. The number of rotatable bonds is 5. The zero-order chi connectivity index (χ0) is 13.7. The van der Waals surface area contributed by atoms with Gasteiger partial charge in [0.2, 0.25) is 0 Å². The Labute approximate surface area is 115 Å². The van der Waals surface area contributed by atoms with E-state index in [1.807, 2.05) is 30.3 Å². The van der Waals surface area contributed by atoms with E-state index in [2.05, 4.69) is 5.48 Å². The van der Waals surface area contributed by atoms with Gasteiger partial charge in [0, 0.05) is 0 Å². The van der Waals surface area contributed by atoms with Crippen LogP contribution in [0.5, 0.6) is 0 Å². The highest BCUT2D eigenvalue weighted by Gasteiger charge is 2.11. The van der Waals surface area contributed by atoms with Crippen LogP contribution in [-0.2, 0) is 11.4 Å². The maximum absolute atomic E-state index is 11.7. The van der Waals surface area contributed by atoms with Crippen LogP contribution in [0.4, 0.5) is 0 Å². The van der Waals surface area contributed by atoms with Crippen LogP contribution in [0.1, 0.15) is 31.8 Å². The second-order valence-electron chi connectivity index (χ2n) is 3.93. The first-order chi connectivity index (χ1) is 9.16. The lowest BCUT2D eigenvalue weighted by atomic mass is 10.2. The van der Waals surface area contributed by atoms with Gasteiger partial charge in [-0.05, 0) is 24.6 Å². The fourth-order valence-electron chi connectivity index (χ4n) is 1.46. The average Bonchev–Trinajstić information content (AvgIpc) is 2.89. The molecule has 0 unspecified atom stereocenters. The van der Waals surface area contributed by atoms with Gasteiger partial charge in [0.25, 0.3) is 5.91 Å². The molecule has 0 atom stereocenters. The average molecular weight is 275 g/mol. The standard InChI is InChI=1S/C14H13NO3S/c1-10(16)12-7-8-13(19-12)14(17)15-18-9-11-5-3-2-4-6-11/h2-8H,9H2,1H3,(H,15,17). The summed E-state index contributed by atoms with van der Waals surface area (Å²) in [5, 5.41) is 0. The minimum atomic E-state index is -0.339. The van der Waals surface area contributed by atoms with E-state index in [1.54, 1.807) is 12.1 Å². The highest BCUT2D eigenvalue weighted by atomic mass is 32.1. The Morgan fingerprint density at radius 2 is 1.79 bits per heavy atom. The SMILES string of the molecule is CC(=O)c1ccc(C(=O)NOCc2ccccc2)s1. The molecule has 1 aromatic heterocycles. The van der Waals surface area contributed by atoms with E-state index >= 15 is 0 Å². The molecular weight excluding hydrogens is 262 g/mol. The third kappa shape index (κ3) is 3.74. The molecule has 2 aromatic rings. The maximum Gasteiger partial charge on any atom is 0.284 e. The molecule has 0 fully saturated rings. The molecule has 19 heavy (non-hydrogen) atoms. The number of nitrogens with one attached hydrogen (secondary N) is 1. The molecule has 0 spiro atoms. The number of carbonyl (C=O) groups excluding carboxylic acids is 2. The zero-order valence-corrected chi connectivity index (χ0v) is 11.2. The maximum atomic E-state index is 11.7. The number of hydrogen-bond donors (Lipinski definition) is 1. The van der Waals surface area contributed by atoms with Crippen LogP contribution in [0, 0.1) is 0 Å². The molecule has 2 rings (SSSR count). The molecule has 0 saturated carbocycles. The summed E-state index contributed by atoms with van der Waals surface area (Å²) < 4.78 is 0. The summed E-state index contributed by atoms with van der Waals surface area (Å²) in [5.74, 6) is -0.386. The van der Waals surface area contributed by atoms with Crippen LogP contribution >= 0.6 is 11.3 Å². The molecule has 4 nitrogen and oxygen atoms in total. The first-order valence-electron chi connectivity index (χ1n) is 5.73. The van der Waals surface area contributed by atoms with Crippen LogP contribution in [0.3, 0.4) is 0 Å². The quantitative estimate of drug-likeness (QED) is 0.674. The molecule has 5 heteroatoms. The summed E-state index contributed by atoms with van der Waals surface area (Å²) in [6, 6.07) is 12.8. The lowest BCUT2D eigenvalue weighted by Crippen LogP contribution is -2.22. The Hall–Kier alpha value is -1.98. The van der Waals surface area contributed by atoms with E-state index in [9.17, 15) is 9.59 Å². The van der Waals surface area contributed by atoms with Crippen molar-refractivity contribution in [1.29, 1.82) is 0 Å².